The number of piperidine rings is 4. The quantitative estimate of drug-likeness (QED) is 0.231. The lowest BCUT2D eigenvalue weighted by Crippen LogP contribution is -2.66. The lowest BCUT2D eigenvalue weighted by atomic mass is 9.67. The van der Waals surface area contributed by atoms with E-state index in [4.69, 9.17) is 4.74 Å². The predicted molar refractivity (Wildman–Crippen MR) is 172 cm³/mol. The van der Waals surface area contributed by atoms with Crippen molar-refractivity contribution < 1.29 is 9.53 Å². The fraction of sp³-hybridized carbons (Fsp3) is 0.395. The number of ether oxygens (including phenoxy) is 1. The van der Waals surface area contributed by atoms with Crippen LogP contribution in [0.5, 0.6) is 5.75 Å². The molecular formula is C38H41N3O2. The summed E-state index contributed by atoms with van der Waals surface area (Å²) >= 11 is 0. The third-order valence-corrected chi connectivity index (χ3v) is 10.6. The zero-order valence-electron chi connectivity index (χ0n) is 24.9. The normalized spacial score (nSPS) is 26.4. The van der Waals surface area contributed by atoms with E-state index in [0.717, 1.165) is 48.4 Å². The second kappa shape index (κ2) is 11.3. The van der Waals surface area contributed by atoms with E-state index in [2.05, 4.69) is 87.3 Å². The average Bonchev–Trinajstić information content (AvgIpc) is 3.39. The molecule has 0 radical (unpaired) electrons. The van der Waals surface area contributed by atoms with Gasteiger partial charge in [0.05, 0.1) is 0 Å². The fourth-order valence-electron chi connectivity index (χ4n) is 8.66. The maximum atomic E-state index is 14.0. The van der Waals surface area contributed by atoms with Crippen molar-refractivity contribution in [2.24, 2.45) is 11.8 Å². The summed E-state index contributed by atoms with van der Waals surface area (Å²) in [5, 5.41) is 1.21. The molecule has 1 amide bonds. The molecular weight excluding hydrogens is 530 g/mol. The van der Waals surface area contributed by atoms with Gasteiger partial charge < -0.3 is 14.2 Å². The molecule has 1 aromatic heterocycles. The van der Waals surface area contributed by atoms with Crippen LogP contribution in [-0.4, -0.2) is 52.0 Å². The highest BCUT2D eigenvalue weighted by molar-refractivity contribution is 6.01. The van der Waals surface area contributed by atoms with Gasteiger partial charge in [-0.05, 0) is 98.9 Å². The number of aromatic nitrogens is 1. The average molecular weight is 572 g/mol. The van der Waals surface area contributed by atoms with Crippen LogP contribution in [0, 0.1) is 11.8 Å². The Morgan fingerprint density at radius 2 is 1.63 bits per heavy atom. The third-order valence-electron chi connectivity index (χ3n) is 10.6. The smallest absolute Gasteiger partial charge is 0.250 e. The number of carbonyl (C=O) groups is 1. The molecule has 43 heavy (non-hydrogen) atoms. The molecule has 0 bridgehead atoms. The number of carbonyl (C=O) groups excluding carboxylic acids is 1. The number of para-hydroxylation sites is 1. The van der Waals surface area contributed by atoms with Gasteiger partial charge in [0.15, 0.2) is 0 Å². The number of nitrogens with zero attached hydrogens (tertiary/aromatic N) is 3. The van der Waals surface area contributed by atoms with Gasteiger partial charge in [0.2, 0.25) is 5.91 Å². The Bertz CT molecular complexity index is 1640. The molecule has 3 aromatic carbocycles. The predicted octanol–water partition coefficient (Wildman–Crippen LogP) is 7.15. The zero-order valence-corrected chi connectivity index (χ0v) is 24.9. The van der Waals surface area contributed by atoms with Crippen LogP contribution >= 0.6 is 0 Å². The van der Waals surface area contributed by atoms with E-state index in [9.17, 15) is 4.79 Å². The summed E-state index contributed by atoms with van der Waals surface area (Å²) in [4.78, 5) is 19.1. The molecule has 0 spiro atoms. The van der Waals surface area contributed by atoms with Crippen LogP contribution in [0.25, 0.3) is 17.0 Å². The molecule has 8 rings (SSSR count). The van der Waals surface area contributed by atoms with Gasteiger partial charge >= 0.3 is 0 Å². The molecule has 0 aliphatic carbocycles. The molecule has 4 atom stereocenters. The van der Waals surface area contributed by atoms with Crippen molar-refractivity contribution in [3.8, 4) is 5.75 Å². The first-order valence-corrected chi connectivity index (χ1v) is 16.3. The second-order valence-electron chi connectivity index (χ2n) is 13.1. The molecule has 0 unspecified atom stereocenters. The van der Waals surface area contributed by atoms with Gasteiger partial charge in [-0.1, -0.05) is 60.7 Å². The van der Waals surface area contributed by atoms with E-state index in [-0.39, 0.29) is 0 Å². The second-order valence-corrected chi connectivity index (χ2v) is 13.1. The summed E-state index contributed by atoms with van der Waals surface area (Å²) in [5.74, 6) is 2.48. The highest BCUT2D eigenvalue weighted by Crippen LogP contribution is 2.45. The monoisotopic (exact) mass is 571 g/mol. The van der Waals surface area contributed by atoms with Crippen molar-refractivity contribution in [2.45, 2.75) is 63.8 Å². The molecule has 4 aliphatic heterocycles. The number of hydrogen-bond acceptors (Lipinski definition) is 3. The Balaban J connectivity index is 1.01. The van der Waals surface area contributed by atoms with E-state index < -0.39 is 0 Å². The van der Waals surface area contributed by atoms with E-state index in [0.29, 0.717) is 36.4 Å². The van der Waals surface area contributed by atoms with Crippen LogP contribution in [0.3, 0.4) is 0 Å². The molecule has 4 fully saturated rings. The van der Waals surface area contributed by atoms with E-state index >= 15 is 0 Å². The van der Waals surface area contributed by atoms with Gasteiger partial charge in [-0.2, -0.15) is 0 Å². The molecule has 5 nitrogen and oxygen atoms in total. The van der Waals surface area contributed by atoms with Gasteiger partial charge in [0.1, 0.15) is 12.4 Å². The Labute approximate surface area is 254 Å². The highest BCUT2D eigenvalue weighted by atomic mass is 16.5. The molecule has 0 N–H and O–H groups in total. The Kier molecular flexibility index (Phi) is 7.07. The van der Waals surface area contributed by atoms with Crippen molar-refractivity contribution in [3.63, 3.8) is 0 Å². The molecule has 4 aromatic rings. The lowest BCUT2D eigenvalue weighted by Gasteiger charge is -2.58. The third kappa shape index (κ3) is 5.08. The summed E-state index contributed by atoms with van der Waals surface area (Å²) in [7, 11) is 0. The summed E-state index contributed by atoms with van der Waals surface area (Å²) in [6, 6.07) is 28.4. The van der Waals surface area contributed by atoms with Gasteiger partial charge in [-0.3, -0.25) is 9.69 Å². The summed E-state index contributed by atoms with van der Waals surface area (Å²) in [6.45, 7) is 4.81. The topological polar surface area (TPSA) is 37.7 Å². The SMILES string of the molecule is O=C1/C(=C/c2cn(Cc3ccc(OCc4ccccc4)cc3)c3ccccc23)CC[C@@H]2[C@H]3CCCN4CCC[C@@H](CN12)[C@@H]34. The largest absolute Gasteiger partial charge is 0.489 e. The minimum atomic E-state index is 0.292. The Hall–Kier alpha value is -3.83. The number of rotatable bonds is 6. The van der Waals surface area contributed by atoms with E-state index in [1.807, 2.05) is 18.2 Å². The van der Waals surface area contributed by atoms with Crippen molar-refractivity contribution in [2.75, 3.05) is 19.6 Å². The number of amides is 1. The Morgan fingerprint density at radius 1 is 0.837 bits per heavy atom. The molecule has 4 saturated heterocycles. The molecule has 4 aliphatic rings. The number of fused-ring (bicyclic) bond motifs is 3. The van der Waals surface area contributed by atoms with Crippen LogP contribution in [-0.2, 0) is 17.9 Å². The first-order chi connectivity index (χ1) is 21.2. The minimum Gasteiger partial charge on any atom is -0.489 e. The highest BCUT2D eigenvalue weighted by Gasteiger charge is 2.51. The Morgan fingerprint density at radius 3 is 2.49 bits per heavy atom. The van der Waals surface area contributed by atoms with Crippen LogP contribution in [0.15, 0.2) is 90.6 Å². The van der Waals surface area contributed by atoms with Gasteiger partial charge in [0.25, 0.3) is 0 Å². The van der Waals surface area contributed by atoms with E-state index in [1.54, 1.807) is 0 Å². The zero-order chi connectivity index (χ0) is 28.8. The number of hydrogen-bond donors (Lipinski definition) is 0. The summed E-state index contributed by atoms with van der Waals surface area (Å²) in [5.41, 5.74) is 5.72. The maximum absolute atomic E-state index is 14.0. The van der Waals surface area contributed by atoms with Gasteiger partial charge in [-0.25, -0.2) is 0 Å². The van der Waals surface area contributed by atoms with Crippen molar-refractivity contribution in [1.29, 1.82) is 0 Å². The minimum absolute atomic E-state index is 0.292. The maximum Gasteiger partial charge on any atom is 0.250 e. The van der Waals surface area contributed by atoms with Gasteiger partial charge in [-0.15, -0.1) is 0 Å². The van der Waals surface area contributed by atoms with Crippen LogP contribution in [0.2, 0.25) is 0 Å². The molecule has 5 heterocycles. The van der Waals surface area contributed by atoms with Crippen LogP contribution in [0.4, 0.5) is 0 Å². The van der Waals surface area contributed by atoms with Crippen LogP contribution in [0.1, 0.15) is 55.2 Å². The molecule has 220 valence electrons. The first-order valence-electron chi connectivity index (χ1n) is 16.3. The van der Waals surface area contributed by atoms with Crippen molar-refractivity contribution in [3.05, 3.63) is 107 Å². The molecule has 0 saturated carbocycles. The van der Waals surface area contributed by atoms with Gasteiger partial charge in [0, 0.05) is 53.4 Å². The van der Waals surface area contributed by atoms with Crippen molar-refractivity contribution in [1.82, 2.24) is 14.4 Å². The summed E-state index contributed by atoms with van der Waals surface area (Å²) < 4.78 is 8.32. The van der Waals surface area contributed by atoms with Crippen LogP contribution < -0.4 is 4.74 Å². The molecule has 5 heteroatoms. The fourth-order valence-corrected chi connectivity index (χ4v) is 8.66. The van der Waals surface area contributed by atoms with Crippen molar-refractivity contribution >= 4 is 22.9 Å². The number of benzene rings is 3. The lowest BCUT2D eigenvalue weighted by molar-refractivity contribution is -0.145. The first kappa shape index (κ1) is 26.8. The standard InChI is InChI=1S/C38H41N3O2/c42-38-29(16-19-36-34-12-7-21-39-20-6-10-30(37(34)39)25-41(36)38)22-31-24-40(35-13-5-4-11-33(31)35)23-27-14-17-32(18-15-27)43-26-28-8-2-1-3-9-28/h1-5,8-9,11,13-15,17-18,22,24,30,34,36-37H,6-7,10,12,16,19-21,23,25-26H2/b29-22+/t30-,34+,36+,37-/m0/s1. The van der Waals surface area contributed by atoms with E-state index in [1.165, 1.54) is 55.2 Å². The summed E-state index contributed by atoms with van der Waals surface area (Å²) in [6.07, 6.45) is 11.6.